The highest BCUT2D eigenvalue weighted by atomic mass is 16.4. The molecule has 5 N–H and O–H groups in total. The van der Waals surface area contributed by atoms with Gasteiger partial charge in [0.2, 0.25) is 5.88 Å². The third-order valence-corrected chi connectivity index (χ3v) is 10.9. The van der Waals surface area contributed by atoms with Crippen LogP contribution in [0.4, 0.5) is 5.69 Å². The van der Waals surface area contributed by atoms with Crippen molar-refractivity contribution in [1.29, 1.82) is 0 Å². The predicted molar refractivity (Wildman–Crippen MR) is 234 cm³/mol. The number of nitrogens with zero attached hydrogens (tertiary/aromatic N) is 6. The second-order valence-electron chi connectivity index (χ2n) is 15.2. The summed E-state index contributed by atoms with van der Waals surface area (Å²) in [6.07, 6.45) is 3.95. The standard InChI is InChI=1S/C47H34N6O12/c1-22-8-12-30(13-9-22)52-42(56)36-24(3)34(40(54)50(38(36)48-52)32-18-26(44(58)59)16-27(19-32)45(60)61)6-5-7-35-25(4)37-39(49-53(43(37)57)31-14-10-23(2)11-15-31)51(41(35)55)33-20-28(46(62)63)17-29(21-33)47(64)65/h5-21,54H,1-4H3,(H,58,59)(H,60,61)(H,62,63)(H,64,65). The average Bonchev–Trinajstić information content (AvgIpc) is 3.79. The molecule has 18 heteroatoms. The van der Waals surface area contributed by atoms with Crippen LogP contribution in [-0.2, 0) is 0 Å². The number of hydrogen-bond acceptors (Lipinski definition) is 10. The first kappa shape index (κ1) is 42.5. The number of benzene rings is 4. The summed E-state index contributed by atoms with van der Waals surface area (Å²) < 4.78 is 3.06. The van der Waals surface area contributed by atoms with E-state index < -0.39 is 69.0 Å². The van der Waals surface area contributed by atoms with Crippen LogP contribution in [0.5, 0.6) is 5.88 Å². The molecule has 0 fully saturated rings. The predicted octanol–water partition coefficient (Wildman–Crippen LogP) is 4.70. The summed E-state index contributed by atoms with van der Waals surface area (Å²) in [7, 11) is 0. The normalized spacial score (nSPS) is 12.5. The van der Waals surface area contributed by atoms with Gasteiger partial charge >= 0.3 is 23.9 Å². The quantitative estimate of drug-likeness (QED) is 0.125. The molecule has 8 rings (SSSR count). The maximum absolute atomic E-state index is 14.7. The minimum Gasteiger partial charge on any atom is -0.494 e. The minimum atomic E-state index is -1.49. The lowest BCUT2D eigenvalue weighted by Crippen LogP contribution is -2.45. The summed E-state index contributed by atoms with van der Waals surface area (Å²) in [5.41, 5.74) is -1.21. The van der Waals surface area contributed by atoms with Crippen LogP contribution in [0.15, 0.2) is 106 Å². The summed E-state index contributed by atoms with van der Waals surface area (Å²) in [5, 5.41) is 61.6. The SMILES string of the molecule is Cc1ccc(N2N=c3c(c(C)c(=CC=Cc4c(C)c5c(=O)n(-c6ccc(C)cc6)nc-5n(-c5cc(C(=O)O)cc(C(=O)O)c5)c4O)c(=O)n3-c3cc(C(=O)O)cc(C(=O)O)c3)C2=O)cc1. The van der Waals surface area contributed by atoms with Crippen molar-refractivity contribution in [2.75, 3.05) is 5.01 Å². The van der Waals surface area contributed by atoms with Crippen LogP contribution in [0, 0.1) is 27.7 Å². The molecule has 1 aromatic heterocycles. The molecule has 3 aliphatic heterocycles. The van der Waals surface area contributed by atoms with Crippen LogP contribution in [0.25, 0.3) is 40.6 Å². The highest BCUT2D eigenvalue weighted by Gasteiger charge is 2.32. The third kappa shape index (κ3) is 7.29. The second-order valence-corrected chi connectivity index (χ2v) is 15.2. The molecule has 0 spiro atoms. The van der Waals surface area contributed by atoms with E-state index in [2.05, 4.69) is 10.2 Å². The summed E-state index contributed by atoms with van der Waals surface area (Å²) in [6, 6.07) is 19.8. The number of anilines is 1. The lowest BCUT2D eigenvalue weighted by Gasteiger charge is -2.19. The fraction of sp³-hybridized carbons (Fsp3) is 0.0851. The van der Waals surface area contributed by atoms with E-state index >= 15 is 0 Å². The highest BCUT2D eigenvalue weighted by molar-refractivity contribution is 6.08. The third-order valence-electron chi connectivity index (χ3n) is 10.9. The van der Waals surface area contributed by atoms with Gasteiger partial charge in [-0.15, -0.1) is 10.2 Å². The molecule has 65 heavy (non-hydrogen) atoms. The van der Waals surface area contributed by atoms with Gasteiger partial charge in [0.15, 0.2) is 11.3 Å². The zero-order valence-corrected chi connectivity index (χ0v) is 34.6. The number of carbonyl (C=O) groups excluding carboxylic acids is 1. The van der Waals surface area contributed by atoms with E-state index in [1.165, 1.54) is 32.1 Å². The molecule has 0 bridgehead atoms. The van der Waals surface area contributed by atoms with E-state index in [0.717, 1.165) is 66.4 Å². The first-order valence-corrected chi connectivity index (χ1v) is 19.5. The van der Waals surface area contributed by atoms with Crippen LogP contribution in [-0.4, -0.2) is 74.2 Å². The molecule has 4 heterocycles. The molecular weight excluding hydrogens is 841 g/mol. The Bertz CT molecular complexity index is 3440. The van der Waals surface area contributed by atoms with Crippen molar-refractivity contribution in [3.05, 3.63) is 178 Å². The lowest BCUT2D eigenvalue weighted by molar-refractivity contribution is 0.0676. The first-order chi connectivity index (χ1) is 30.9. The molecule has 5 aromatic rings. The second kappa shape index (κ2) is 15.9. The first-order valence-electron chi connectivity index (χ1n) is 19.5. The van der Waals surface area contributed by atoms with E-state index in [4.69, 9.17) is 0 Å². The number of fused-ring (bicyclic) bond motifs is 2. The zero-order chi connectivity index (χ0) is 46.8. The van der Waals surface area contributed by atoms with E-state index in [9.17, 15) is 59.1 Å². The summed E-state index contributed by atoms with van der Waals surface area (Å²) in [5.74, 6) is -7.32. The number of amides is 1. The van der Waals surface area contributed by atoms with E-state index in [1.807, 2.05) is 13.8 Å². The number of aromatic nitrogens is 4. The van der Waals surface area contributed by atoms with Gasteiger partial charge in [0.1, 0.15) is 0 Å². The largest absolute Gasteiger partial charge is 0.494 e. The maximum Gasteiger partial charge on any atom is 0.335 e. The van der Waals surface area contributed by atoms with Crippen molar-refractivity contribution in [2.45, 2.75) is 27.7 Å². The topological polar surface area (TPSA) is 264 Å². The molecule has 0 saturated carbocycles. The number of carboxylic acids is 4. The molecule has 0 saturated heterocycles. The number of carboxylic acid groups (broad SMARTS) is 4. The maximum atomic E-state index is 14.7. The molecule has 4 aromatic carbocycles. The molecule has 1 amide bonds. The number of rotatable bonds is 10. The number of aryl methyl sites for hydroxylation is 2. The molecular formula is C47H34N6O12. The summed E-state index contributed by atoms with van der Waals surface area (Å²) in [6.45, 7) is 6.71. The van der Waals surface area contributed by atoms with Crippen LogP contribution >= 0.6 is 0 Å². The molecule has 3 aliphatic rings. The van der Waals surface area contributed by atoms with Crippen molar-refractivity contribution in [3.63, 3.8) is 0 Å². The van der Waals surface area contributed by atoms with Crippen LogP contribution in [0.3, 0.4) is 0 Å². The van der Waals surface area contributed by atoms with Crippen molar-refractivity contribution in [1.82, 2.24) is 18.9 Å². The number of aromatic hydroxyl groups is 1. The summed E-state index contributed by atoms with van der Waals surface area (Å²) in [4.78, 5) is 91.8. The Morgan fingerprint density at radius 1 is 0.569 bits per heavy atom. The number of aromatic carboxylic acids is 4. The van der Waals surface area contributed by atoms with Gasteiger partial charge in [-0.25, -0.2) is 19.2 Å². The smallest absolute Gasteiger partial charge is 0.335 e. The number of carbonyl (C=O) groups is 5. The van der Waals surface area contributed by atoms with E-state index in [-0.39, 0.29) is 55.7 Å². The summed E-state index contributed by atoms with van der Waals surface area (Å²) >= 11 is 0. The fourth-order valence-electron chi connectivity index (χ4n) is 7.60. The van der Waals surface area contributed by atoms with Gasteiger partial charge in [0, 0.05) is 10.8 Å². The molecule has 0 atom stereocenters. The Morgan fingerprint density at radius 2 is 1.05 bits per heavy atom. The minimum absolute atomic E-state index is 0.0346. The van der Waals surface area contributed by atoms with Crippen molar-refractivity contribution < 1.29 is 49.5 Å². The zero-order valence-electron chi connectivity index (χ0n) is 34.6. The van der Waals surface area contributed by atoms with Gasteiger partial charge < -0.3 is 25.5 Å². The fourth-order valence-corrected chi connectivity index (χ4v) is 7.60. The van der Waals surface area contributed by atoms with Gasteiger partial charge in [-0.2, -0.15) is 9.69 Å². The average molecular weight is 875 g/mol. The molecule has 0 unspecified atom stereocenters. The van der Waals surface area contributed by atoms with Gasteiger partial charge in [-0.1, -0.05) is 41.5 Å². The highest BCUT2D eigenvalue weighted by Crippen LogP contribution is 2.37. The number of allylic oxidation sites excluding steroid dienone is 1. The Hall–Kier alpha value is -9.19. The number of pyridine rings is 2. The Morgan fingerprint density at radius 3 is 1.54 bits per heavy atom. The van der Waals surface area contributed by atoms with Gasteiger partial charge in [-0.05, 0) is 112 Å². The molecule has 0 radical (unpaired) electrons. The van der Waals surface area contributed by atoms with E-state index in [0.29, 0.717) is 11.4 Å². The van der Waals surface area contributed by atoms with Gasteiger partial charge in [-0.3, -0.25) is 23.5 Å². The molecule has 324 valence electrons. The van der Waals surface area contributed by atoms with Crippen LogP contribution in [0.1, 0.15) is 79.6 Å². The Labute approximate surface area is 365 Å². The van der Waals surface area contributed by atoms with Crippen LogP contribution in [0.2, 0.25) is 0 Å². The Kier molecular flexibility index (Phi) is 10.4. The Balaban J connectivity index is 1.40. The van der Waals surface area contributed by atoms with Crippen LogP contribution < -0.4 is 26.8 Å². The van der Waals surface area contributed by atoms with Crippen molar-refractivity contribution in [2.24, 2.45) is 5.10 Å². The molecule has 18 nitrogen and oxygen atoms in total. The molecule has 0 aliphatic carbocycles. The van der Waals surface area contributed by atoms with Gasteiger partial charge in [0.05, 0.1) is 56.1 Å². The van der Waals surface area contributed by atoms with E-state index in [1.54, 1.807) is 48.5 Å². The van der Waals surface area contributed by atoms with Crippen molar-refractivity contribution >= 4 is 47.6 Å². The monoisotopic (exact) mass is 874 g/mol. The van der Waals surface area contributed by atoms with Gasteiger partial charge in [0.25, 0.3) is 17.0 Å². The van der Waals surface area contributed by atoms with Crippen molar-refractivity contribution in [3.8, 4) is 34.3 Å². The lowest BCUT2D eigenvalue weighted by atomic mass is 10.0. The number of hydrogen-bond donors (Lipinski definition) is 5.